The van der Waals surface area contributed by atoms with Crippen LogP contribution >= 0.6 is 0 Å². The number of ether oxygens (including phenoxy) is 1. The van der Waals surface area contributed by atoms with Crippen LogP contribution in [0.1, 0.15) is 56.0 Å². The highest BCUT2D eigenvalue weighted by Crippen LogP contribution is 2.31. The summed E-state index contributed by atoms with van der Waals surface area (Å²) in [4.78, 5) is 63.7. The molecule has 0 fully saturated rings. The predicted octanol–water partition coefficient (Wildman–Crippen LogP) is 3.40. The van der Waals surface area contributed by atoms with E-state index in [1.54, 1.807) is 74.5 Å². The minimum absolute atomic E-state index is 0.0936. The van der Waals surface area contributed by atoms with Gasteiger partial charge in [-0.3, -0.25) is 19.2 Å². The Morgan fingerprint density at radius 1 is 0.778 bits per heavy atom. The molecule has 8 nitrogen and oxygen atoms in total. The molecule has 0 bridgehead atoms. The molecule has 2 amide bonds. The molecule has 0 heterocycles. The number of anilines is 1. The largest absolute Gasteiger partial charge is 0.454 e. The first-order valence-corrected chi connectivity index (χ1v) is 11.4. The lowest BCUT2D eigenvalue weighted by Gasteiger charge is -2.21. The first-order chi connectivity index (χ1) is 17.3. The minimum atomic E-state index is -0.967. The number of rotatable bonds is 7. The Bertz CT molecular complexity index is 1360. The number of nitrogens with one attached hydrogen (secondary N) is 2. The van der Waals surface area contributed by atoms with Crippen LogP contribution in [0.25, 0.3) is 0 Å². The van der Waals surface area contributed by atoms with E-state index in [9.17, 15) is 24.0 Å². The molecule has 1 atom stereocenters. The van der Waals surface area contributed by atoms with Crippen molar-refractivity contribution in [3.8, 4) is 0 Å². The van der Waals surface area contributed by atoms with E-state index in [0.717, 1.165) is 0 Å². The zero-order valence-corrected chi connectivity index (χ0v) is 19.7. The van der Waals surface area contributed by atoms with Crippen LogP contribution in [0, 0.1) is 5.92 Å². The second-order valence-electron chi connectivity index (χ2n) is 8.65. The molecule has 8 heteroatoms. The molecule has 3 aromatic carbocycles. The maximum atomic E-state index is 13.1. The van der Waals surface area contributed by atoms with Crippen molar-refractivity contribution in [2.75, 3.05) is 11.9 Å². The van der Waals surface area contributed by atoms with Crippen molar-refractivity contribution in [2.45, 2.75) is 19.9 Å². The second-order valence-corrected chi connectivity index (χ2v) is 8.65. The number of carbonyl (C=O) groups is 5. The molecule has 0 saturated carbocycles. The number of benzene rings is 3. The molecule has 0 aliphatic heterocycles. The van der Waals surface area contributed by atoms with Crippen molar-refractivity contribution in [3.63, 3.8) is 0 Å². The van der Waals surface area contributed by atoms with Gasteiger partial charge in [-0.15, -0.1) is 0 Å². The topological polar surface area (TPSA) is 119 Å². The fourth-order valence-electron chi connectivity index (χ4n) is 3.97. The van der Waals surface area contributed by atoms with E-state index in [2.05, 4.69) is 10.6 Å². The van der Waals surface area contributed by atoms with Gasteiger partial charge in [-0.1, -0.05) is 68.4 Å². The summed E-state index contributed by atoms with van der Waals surface area (Å²) in [6, 6.07) is 18.6. The molecule has 3 aromatic rings. The highest BCUT2D eigenvalue weighted by atomic mass is 16.5. The molecule has 182 valence electrons. The second kappa shape index (κ2) is 10.4. The molecular formula is C28H24N2O6. The molecule has 4 rings (SSSR count). The summed E-state index contributed by atoms with van der Waals surface area (Å²) in [6.07, 6.45) is 0. The third kappa shape index (κ3) is 4.93. The SMILES string of the molecule is CC(C)[C@@H](NC(=O)c1ccccc1)C(=O)OCC(=O)Nc1cccc2c1C(=O)c1ccccc1C2=O. The smallest absolute Gasteiger partial charge is 0.329 e. The standard InChI is InChI=1S/C28H24N2O6/c1-16(2)24(30-27(34)17-9-4-3-5-10-17)28(35)36-15-22(31)29-21-14-8-13-20-23(21)26(33)19-12-7-6-11-18(19)25(20)32/h3-14,16,24H,15H2,1-2H3,(H,29,31)(H,30,34)/t24-/m1/s1. The molecule has 1 aliphatic rings. The molecule has 0 radical (unpaired) electrons. The maximum Gasteiger partial charge on any atom is 0.329 e. The first kappa shape index (κ1) is 24.5. The van der Waals surface area contributed by atoms with Gasteiger partial charge in [-0.2, -0.15) is 0 Å². The van der Waals surface area contributed by atoms with Crippen LogP contribution in [-0.2, 0) is 14.3 Å². The lowest BCUT2D eigenvalue weighted by Crippen LogP contribution is -2.45. The van der Waals surface area contributed by atoms with Gasteiger partial charge < -0.3 is 15.4 Å². The van der Waals surface area contributed by atoms with Crippen molar-refractivity contribution < 1.29 is 28.7 Å². The number of ketones is 2. The van der Waals surface area contributed by atoms with Gasteiger partial charge in [0.25, 0.3) is 11.8 Å². The fourth-order valence-corrected chi connectivity index (χ4v) is 3.97. The van der Waals surface area contributed by atoms with Crippen molar-refractivity contribution in [3.05, 3.63) is 101 Å². The summed E-state index contributed by atoms with van der Waals surface area (Å²) < 4.78 is 5.17. The third-order valence-corrected chi connectivity index (χ3v) is 5.82. The van der Waals surface area contributed by atoms with Crippen LogP contribution in [0.3, 0.4) is 0 Å². The predicted molar refractivity (Wildman–Crippen MR) is 132 cm³/mol. The van der Waals surface area contributed by atoms with E-state index in [0.29, 0.717) is 11.1 Å². The normalized spacial score (nSPS) is 12.9. The highest BCUT2D eigenvalue weighted by Gasteiger charge is 2.32. The molecule has 0 spiro atoms. The third-order valence-electron chi connectivity index (χ3n) is 5.82. The van der Waals surface area contributed by atoms with Gasteiger partial charge in [-0.05, 0) is 24.1 Å². The monoisotopic (exact) mass is 484 g/mol. The van der Waals surface area contributed by atoms with E-state index in [1.165, 1.54) is 12.1 Å². The zero-order chi connectivity index (χ0) is 25.8. The number of hydrogen-bond acceptors (Lipinski definition) is 6. The molecule has 0 aromatic heterocycles. The molecule has 36 heavy (non-hydrogen) atoms. The summed E-state index contributed by atoms with van der Waals surface area (Å²) in [5.41, 5.74) is 1.40. The lowest BCUT2D eigenvalue weighted by molar-refractivity contribution is -0.150. The van der Waals surface area contributed by atoms with Crippen molar-refractivity contribution in [2.24, 2.45) is 5.92 Å². The molecule has 1 aliphatic carbocycles. The summed E-state index contributed by atoms with van der Waals surface area (Å²) >= 11 is 0. The Hall–Kier alpha value is -4.59. The van der Waals surface area contributed by atoms with Gasteiger partial charge in [0.1, 0.15) is 6.04 Å². The van der Waals surface area contributed by atoms with Crippen LogP contribution in [0.5, 0.6) is 0 Å². The number of amides is 2. The summed E-state index contributed by atoms with van der Waals surface area (Å²) in [5.74, 6) is -2.87. The summed E-state index contributed by atoms with van der Waals surface area (Å²) in [5, 5.41) is 5.21. The van der Waals surface area contributed by atoms with Crippen LogP contribution in [0.15, 0.2) is 72.8 Å². The zero-order valence-electron chi connectivity index (χ0n) is 19.7. The van der Waals surface area contributed by atoms with Gasteiger partial charge in [0.2, 0.25) is 0 Å². The van der Waals surface area contributed by atoms with E-state index in [4.69, 9.17) is 4.74 Å². The first-order valence-electron chi connectivity index (χ1n) is 11.4. The molecule has 0 unspecified atom stereocenters. The minimum Gasteiger partial charge on any atom is -0.454 e. The van der Waals surface area contributed by atoms with E-state index in [1.807, 2.05) is 0 Å². The average molecular weight is 485 g/mol. The van der Waals surface area contributed by atoms with Gasteiger partial charge in [-0.25, -0.2) is 4.79 Å². The van der Waals surface area contributed by atoms with Crippen LogP contribution in [-0.4, -0.2) is 42.0 Å². The number of fused-ring (bicyclic) bond motifs is 2. The lowest BCUT2D eigenvalue weighted by atomic mass is 9.83. The fraction of sp³-hybridized carbons (Fsp3) is 0.179. The number of carbonyl (C=O) groups excluding carboxylic acids is 5. The number of esters is 1. The quantitative estimate of drug-likeness (QED) is 0.388. The maximum absolute atomic E-state index is 13.1. The van der Waals surface area contributed by atoms with Crippen molar-refractivity contribution in [1.82, 2.24) is 5.32 Å². The van der Waals surface area contributed by atoms with E-state index < -0.39 is 30.4 Å². The van der Waals surface area contributed by atoms with Gasteiger partial charge in [0, 0.05) is 22.3 Å². The Morgan fingerprint density at radius 3 is 2.06 bits per heavy atom. The Morgan fingerprint density at radius 2 is 1.39 bits per heavy atom. The van der Waals surface area contributed by atoms with E-state index in [-0.39, 0.29) is 39.9 Å². The van der Waals surface area contributed by atoms with Crippen molar-refractivity contribution in [1.29, 1.82) is 0 Å². The Labute approximate surface area is 207 Å². The van der Waals surface area contributed by atoms with Crippen LogP contribution < -0.4 is 10.6 Å². The Balaban J connectivity index is 1.43. The van der Waals surface area contributed by atoms with Gasteiger partial charge >= 0.3 is 5.97 Å². The summed E-state index contributed by atoms with van der Waals surface area (Å²) in [6.45, 7) is 2.85. The van der Waals surface area contributed by atoms with E-state index >= 15 is 0 Å². The molecular weight excluding hydrogens is 460 g/mol. The van der Waals surface area contributed by atoms with Crippen molar-refractivity contribution >= 4 is 35.0 Å². The highest BCUT2D eigenvalue weighted by molar-refractivity contribution is 6.30. The summed E-state index contributed by atoms with van der Waals surface area (Å²) in [7, 11) is 0. The van der Waals surface area contributed by atoms with Gasteiger partial charge in [0.15, 0.2) is 18.2 Å². The van der Waals surface area contributed by atoms with Gasteiger partial charge in [0.05, 0.1) is 11.3 Å². The average Bonchev–Trinajstić information content (AvgIpc) is 2.89. The Kier molecular flexibility index (Phi) is 7.05. The number of hydrogen-bond donors (Lipinski definition) is 2. The van der Waals surface area contributed by atoms with Crippen LogP contribution in [0.4, 0.5) is 5.69 Å². The van der Waals surface area contributed by atoms with Crippen LogP contribution in [0.2, 0.25) is 0 Å². The molecule has 2 N–H and O–H groups in total. The molecule has 0 saturated heterocycles.